The van der Waals surface area contributed by atoms with Gasteiger partial charge < -0.3 is 5.32 Å². The molecule has 0 unspecified atom stereocenters. The molecular weight excluding hydrogens is 294 g/mol. The zero-order valence-electron chi connectivity index (χ0n) is 13.8. The smallest absolute Gasteiger partial charge is 0.332 e. The van der Waals surface area contributed by atoms with Gasteiger partial charge in [-0.25, -0.2) is 4.79 Å². The molecule has 1 aliphatic rings. The molecular formula is C17H23N3O3. The fraction of sp³-hybridized carbons (Fsp3) is 0.471. The summed E-state index contributed by atoms with van der Waals surface area (Å²) >= 11 is 0. The number of urea groups is 1. The second-order valence-corrected chi connectivity index (χ2v) is 5.85. The van der Waals surface area contributed by atoms with E-state index in [0.717, 1.165) is 17.7 Å². The summed E-state index contributed by atoms with van der Waals surface area (Å²) < 4.78 is 0. The van der Waals surface area contributed by atoms with Crippen molar-refractivity contribution >= 4 is 23.5 Å². The van der Waals surface area contributed by atoms with Crippen molar-refractivity contribution in [1.82, 2.24) is 10.2 Å². The van der Waals surface area contributed by atoms with E-state index in [9.17, 15) is 14.4 Å². The lowest BCUT2D eigenvalue weighted by molar-refractivity contribution is -0.132. The first-order valence-electron chi connectivity index (χ1n) is 7.94. The SMILES string of the molecule is CCC[C@@H](C)NC(=O)CN1C(=O)[C@H](C)N(c2ccccc2)C1=O. The Bertz CT molecular complexity index is 588. The van der Waals surface area contributed by atoms with E-state index in [1.807, 2.05) is 32.0 Å². The molecule has 1 saturated heterocycles. The van der Waals surface area contributed by atoms with Gasteiger partial charge in [0.1, 0.15) is 12.6 Å². The minimum Gasteiger partial charge on any atom is -0.352 e. The second-order valence-electron chi connectivity index (χ2n) is 5.85. The summed E-state index contributed by atoms with van der Waals surface area (Å²) in [4.78, 5) is 39.3. The molecule has 1 aromatic carbocycles. The number of anilines is 1. The highest BCUT2D eigenvalue weighted by Crippen LogP contribution is 2.25. The van der Waals surface area contributed by atoms with Gasteiger partial charge in [0.05, 0.1) is 0 Å². The van der Waals surface area contributed by atoms with Gasteiger partial charge in [0.25, 0.3) is 5.91 Å². The quantitative estimate of drug-likeness (QED) is 0.817. The first-order valence-corrected chi connectivity index (χ1v) is 7.94. The van der Waals surface area contributed by atoms with Gasteiger partial charge in [-0.15, -0.1) is 0 Å². The summed E-state index contributed by atoms with van der Waals surface area (Å²) in [6.07, 6.45) is 1.82. The normalized spacial score (nSPS) is 19.2. The minimum atomic E-state index is -0.606. The van der Waals surface area contributed by atoms with E-state index in [0.29, 0.717) is 5.69 Å². The number of carbonyl (C=O) groups is 3. The number of carbonyl (C=O) groups excluding carboxylic acids is 3. The van der Waals surface area contributed by atoms with Gasteiger partial charge in [0, 0.05) is 11.7 Å². The molecule has 0 saturated carbocycles. The molecule has 0 aliphatic carbocycles. The molecule has 1 N–H and O–H groups in total. The molecule has 0 aromatic heterocycles. The summed E-state index contributed by atoms with van der Waals surface area (Å²) in [6.45, 7) is 5.38. The van der Waals surface area contributed by atoms with Crippen molar-refractivity contribution in [2.24, 2.45) is 0 Å². The average Bonchev–Trinajstić information content (AvgIpc) is 2.72. The Kier molecular flexibility index (Phi) is 5.36. The Balaban J connectivity index is 2.07. The van der Waals surface area contributed by atoms with Crippen LogP contribution in [0.15, 0.2) is 30.3 Å². The van der Waals surface area contributed by atoms with Gasteiger partial charge >= 0.3 is 6.03 Å². The van der Waals surface area contributed by atoms with Crippen LogP contribution in [-0.2, 0) is 9.59 Å². The zero-order chi connectivity index (χ0) is 17.0. The lowest BCUT2D eigenvalue weighted by Crippen LogP contribution is -2.44. The number of imide groups is 1. The zero-order valence-corrected chi connectivity index (χ0v) is 13.8. The van der Waals surface area contributed by atoms with E-state index >= 15 is 0 Å². The van der Waals surface area contributed by atoms with Crippen molar-refractivity contribution in [3.63, 3.8) is 0 Å². The lowest BCUT2D eigenvalue weighted by Gasteiger charge is -2.19. The van der Waals surface area contributed by atoms with Gasteiger partial charge in [0.2, 0.25) is 5.91 Å². The van der Waals surface area contributed by atoms with E-state index in [1.165, 1.54) is 4.90 Å². The third-order valence-electron chi connectivity index (χ3n) is 3.91. The molecule has 6 nitrogen and oxygen atoms in total. The Morgan fingerprint density at radius 1 is 1.26 bits per heavy atom. The molecule has 0 spiro atoms. The van der Waals surface area contributed by atoms with Crippen molar-refractivity contribution in [2.75, 3.05) is 11.4 Å². The van der Waals surface area contributed by atoms with Crippen LogP contribution < -0.4 is 10.2 Å². The maximum absolute atomic E-state index is 12.5. The van der Waals surface area contributed by atoms with Crippen LogP contribution in [0.25, 0.3) is 0 Å². The number of nitrogens with zero attached hydrogens (tertiary/aromatic N) is 2. The highest BCUT2D eigenvalue weighted by Gasteiger charge is 2.43. The average molecular weight is 317 g/mol. The molecule has 1 heterocycles. The second kappa shape index (κ2) is 7.26. The predicted molar refractivity (Wildman–Crippen MR) is 88.0 cm³/mol. The summed E-state index contributed by atoms with van der Waals surface area (Å²) in [5.74, 6) is -0.660. The molecule has 23 heavy (non-hydrogen) atoms. The van der Waals surface area contributed by atoms with Gasteiger partial charge in [0.15, 0.2) is 0 Å². The Labute approximate surface area is 136 Å². The van der Waals surface area contributed by atoms with Crippen molar-refractivity contribution in [3.8, 4) is 0 Å². The highest BCUT2D eigenvalue weighted by molar-refractivity contribution is 6.15. The van der Waals surface area contributed by atoms with E-state index in [1.54, 1.807) is 19.1 Å². The molecule has 1 aliphatic heterocycles. The fourth-order valence-corrected chi connectivity index (χ4v) is 2.76. The van der Waals surface area contributed by atoms with Gasteiger partial charge in [-0.3, -0.25) is 19.4 Å². The molecule has 0 radical (unpaired) electrons. The summed E-state index contributed by atoms with van der Waals surface area (Å²) in [5.41, 5.74) is 0.653. The largest absolute Gasteiger partial charge is 0.352 e. The summed E-state index contributed by atoms with van der Waals surface area (Å²) in [6, 6.07) is 7.98. The molecule has 124 valence electrons. The summed E-state index contributed by atoms with van der Waals surface area (Å²) in [5, 5.41) is 2.81. The molecule has 4 amide bonds. The molecule has 1 aromatic rings. The number of hydrogen-bond acceptors (Lipinski definition) is 3. The standard InChI is InChI=1S/C17H23N3O3/c1-4-8-12(2)18-15(21)11-19-16(22)13(3)20(17(19)23)14-9-6-5-7-10-14/h5-7,9-10,12-13H,4,8,11H2,1-3H3,(H,18,21)/t12-,13+/m1/s1. The number of nitrogens with one attached hydrogen (secondary N) is 1. The van der Waals surface area contributed by atoms with Gasteiger partial charge in [-0.05, 0) is 32.4 Å². The van der Waals surface area contributed by atoms with Crippen LogP contribution in [0.5, 0.6) is 0 Å². The van der Waals surface area contributed by atoms with Crippen LogP contribution in [-0.4, -0.2) is 41.4 Å². The highest BCUT2D eigenvalue weighted by atomic mass is 16.2. The summed E-state index contributed by atoms with van der Waals surface area (Å²) in [7, 11) is 0. The number of hydrogen-bond donors (Lipinski definition) is 1. The monoisotopic (exact) mass is 317 g/mol. The van der Waals surface area contributed by atoms with Crippen LogP contribution in [0.3, 0.4) is 0 Å². The first kappa shape index (κ1) is 17.0. The topological polar surface area (TPSA) is 69.7 Å². The number of para-hydroxylation sites is 1. The van der Waals surface area contributed by atoms with E-state index < -0.39 is 12.1 Å². The van der Waals surface area contributed by atoms with Crippen LogP contribution in [0, 0.1) is 0 Å². The van der Waals surface area contributed by atoms with E-state index in [-0.39, 0.29) is 24.4 Å². The van der Waals surface area contributed by atoms with Crippen molar-refractivity contribution < 1.29 is 14.4 Å². The predicted octanol–water partition coefficient (Wildman–Crippen LogP) is 2.15. The number of benzene rings is 1. The maximum Gasteiger partial charge on any atom is 0.332 e. The van der Waals surface area contributed by atoms with Gasteiger partial charge in [-0.1, -0.05) is 31.5 Å². The molecule has 2 rings (SSSR count). The van der Waals surface area contributed by atoms with Crippen LogP contribution in [0.1, 0.15) is 33.6 Å². The molecule has 2 atom stereocenters. The van der Waals surface area contributed by atoms with Crippen LogP contribution in [0.4, 0.5) is 10.5 Å². The number of rotatable bonds is 6. The van der Waals surface area contributed by atoms with Crippen molar-refractivity contribution in [3.05, 3.63) is 30.3 Å². The van der Waals surface area contributed by atoms with Crippen molar-refractivity contribution in [2.45, 2.75) is 45.7 Å². The molecule has 1 fully saturated rings. The Morgan fingerprint density at radius 3 is 2.52 bits per heavy atom. The third kappa shape index (κ3) is 3.70. The minimum absolute atomic E-state index is 0.0305. The van der Waals surface area contributed by atoms with Gasteiger partial charge in [-0.2, -0.15) is 0 Å². The lowest BCUT2D eigenvalue weighted by atomic mass is 10.2. The van der Waals surface area contributed by atoms with Crippen molar-refractivity contribution in [1.29, 1.82) is 0 Å². The van der Waals surface area contributed by atoms with E-state index in [2.05, 4.69) is 5.32 Å². The maximum atomic E-state index is 12.5. The molecule has 0 bridgehead atoms. The Morgan fingerprint density at radius 2 is 1.91 bits per heavy atom. The fourth-order valence-electron chi connectivity index (χ4n) is 2.76. The van der Waals surface area contributed by atoms with E-state index in [4.69, 9.17) is 0 Å². The number of amides is 4. The van der Waals surface area contributed by atoms with Crippen LogP contribution in [0.2, 0.25) is 0 Å². The Hall–Kier alpha value is -2.37. The first-order chi connectivity index (χ1) is 11.0. The molecule has 6 heteroatoms. The van der Waals surface area contributed by atoms with Crippen LogP contribution >= 0.6 is 0 Å². The third-order valence-corrected chi connectivity index (χ3v) is 3.91.